The fraction of sp³-hybridized carbons (Fsp3) is 0. The Kier molecular flexibility index (Phi) is 3.05. The Labute approximate surface area is 87.6 Å². The van der Waals surface area contributed by atoms with Crippen LogP contribution in [0.2, 0.25) is 0 Å². The number of benzene rings is 1. The van der Waals surface area contributed by atoms with Gasteiger partial charge in [0.05, 0.1) is 10.5 Å². The highest BCUT2D eigenvalue weighted by molar-refractivity contribution is 9.10. The summed E-state index contributed by atoms with van der Waals surface area (Å²) in [4.78, 5) is 20.7. The van der Waals surface area contributed by atoms with Crippen molar-refractivity contribution in [2.24, 2.45) is 0 Å². The zero-order valence-corrected chi connectivity index (χ0v) is 8.71. The molecule has 0 unspecified atom stereocenters. The van der Waals surface area contributed by atoms with Crippen molar-refractivity contribution < 1.29 is 9.72 Å². The lowest BCUT2D eigenvalue weighted by Crippen LogP contribution is -1.94. The number of carbonyl (C=O) groups is 1. The van der Waals surface area contributed by atoms with Gasteiger partial charge >= 0.3 is 0 Å². The van der Waals surface area contributed by atoms with Crippen molar-refractivity contribution in [2.75, 3.05) is 0 Å². The number of nitro benzene ring substituents is 1. The normalized spacial score (nSPS) is 9.69. The Morgan fingerprint density at radius 1 is 1.54 bits per heavy atom. The maximum absolute atomic E-state index is 10.4. The first-order valence-corrected chi connectivity index (χ1v) is 4.42. The van der Waals surface area contributed by atoms with Crippen LogP contribution >= 0.6 is 28.6 Å². The van der Waals surface area contributed by atoms with E-state index in [2.05, 4.69) is 28.6 Å². The Bertz CT molecular complexity index is 380. The average molecular weight is 262 g/mol. The molecule has 1 aromatic carbocycles. The molecule has 0 aliphatic heterocycles. The Hall–Kier alpha value is -0.880. The number of nitro groups is 1. The molecule has 0 saturated heterocycles. The van der Waals surface area contributed by atoms with Gasteiger partial charge < -0.3 is 0 Å². The summed E-state index contributed by atoms with van der Waals surface area (Å²) >= 11 is 7.09. The molecular formula is C7H4BrNO3S. The van der Waals surface area contributed by atoms with Crippen LogP contribution in [-0.4, -0.2) is 11.2 Å². The minimum Gasteiger partial charge on any atom is -0.298 e. The predicted octanol–water partition coefficient (Wildman–Crippen LogP) is 2.46. The summed E-state index contributed by atoms with van der Waals surface area (Å²) in [5.41, 5.74) is -0.196. The molecule has 0 atom stereocenters. The standard InChI is InChI=1S/C7H4BrNO3S/c8-5-1-4(3-10)6(9(11)12)2-7(5)13/h1-3,13H. The quantitative estimate of drug-likeness (QED) is 0.385. The lowest BCUT2D eigenvalue weighted by molar-refractivity contribution is -0.385. The lowest BCUT2D eigenvalue weighted by atomic mass is 10.2. The highest BCUT2D eigenvalue weighted by Gasteiger charge is 2.15. The van der Waals surface area contributed by atoms with Gasteiger partial charge in [-0.3, -0.25) is 14.9 Å². The summed E-state index contributed by atoms with van der Waals surface area (Å²) < 4.78 is 0.559. The van der Waals surface area contributed by atoms with Crippen LogP contribution in [0, 0.1) is 10.1 Å². The van der Waals surface area contributed by atoms with Gasteiger partial charge in [-0.2, -0.15) is 0 Å². The fourth-order valence-corrected chi connectivity index (χ4v) is 1.37. The second-order valence-electron chi connectivity index (χ2n) is 2.24. The van der Waals surface area contributed by atoms with Gasteiger partial charge in [-0.05, 0) is 22.0 Å². The molecule has 1 rings (SSSR count). The number of aldehydes is 1. The van der Waals surface area contributed by atoms with Crippen molar-refractivity contribution in [3.63, 3.8) is 0 Å². The van der Waals surface area contributed by atoms with E-state index < -0.39 is 4.92 Å². The Balaban J connectivity index is 3.41. The average Bonchev–Trinajstić information content (AvgIpc) is 2.08. The molecule has 0 amide bonds. The van der Waals surface area contributed by atoms with E-state index in [1.54, 1.807) is 0 Å². The molecule has 6 heteroatoms. The first-order chi connectivity index (χ1) is 6.06. The molecule has 0 aliphatic carbocycles. The van der Waals surface area contributed by atoms with E-state index in [1.807, 2.05) is 0 Å². The predicted molar refractivity (Wildman–Crippen MR) is 53.4 cm³/mol. The molecule has 0 N–H and O–H groups in total. The summed E-state index contributed by atoms with van der Waals surface area (Å²) in [6, 6.07) is 2.60. The summed E-state index contributed by atoms with van der Waals surface area (Å²) in [6.45, 7) is 0. The zero-order chi connectivity index (χ0) is 10.0. The first kappa shape index (κ1) is 10.2. The molecule has 0 aromatic heterocycles. The van der Waals surface area contributed by atoms with Gasteiger partial charge in [0, 0.05) is 15.4 Å². The Morgan fingerprint density at radius 2 is 2.15 bits per heavy atom. The molecule has 0 bridgehead atoms. The largest absolute Gasteiger partial charge is 0.298 e. The number of hydrogen-bond acceptors (Lipinski definition) is 4. The smallest absolute Gasteiger partial charge is 0.281 e. The van der Waals surface area contributed by atoms with E-state index >= 15 is 0 Å². The minimum atomic E-state index is -0.615. The van der Waals surface area contributed by atoms with Crippen LogP contribution in [0.15, 0.2) is 21.5 Å². The van der Waals surface area contributed by atoms with Gasteiger partial charge in [0.2, 0.25) is 0 Å². The van der Waals surface area contributed by atoms with Crippen LogP contribution < -0.4 is 0 Å². The third-order valence-electron chi connectivity index (χ3n) is 1.42. The molecule has 0 fully saturated rings. The second-order valence-corrected chi connectivity index (χ2v) is 3.57. The van der Waals surface area contributed by atoms with Gasteiger partial charge in [0.1, 0.15) is 0 Å². The summed E-state index contributed by atoms with van der Waals surface area (Å²) in [5.74, 6) is 0. The SMILES string of the molecule is O=Cc1cc(Br)c(S)cc1[N+](=O)[O-]. The molecule has 0 heterocycles. The van der Waals surface area contributed by atoms with E-state index in [4.69, 9.17) is 0 Å². The van der Waals surface area contributed by atoms with Gasteiger partial charge in [-0.1, -0.05) is 0 Å². The first-order valence-electron chi connectivity index (χ1n) is 3.18. The fourth-order valence-electron chi connectivity index (χ4n) is 0.819. The van der Waals surface area contributed by atoms with Crippen LogP contribution in [0.4, 0.5) is 5.69 Å². The highest BCUT2D eigenvalue weighted by atomic mass is 79.9. The molecule has 13 heavy (non-hydrogen) atoms. The monoisotopic (exact) mass is 261 g/mol. The number of thiol groups is 1. The number of carbonyl (C=O) groups excluding carboxylic acids is 1. The third kappa shape index (κ3) is 2.07. The molecule has 1 aromatic rings. The zero-order valence-electron chi connectivity index (χ0n) is 6.23. The Morgan fingerprint density at radius 3 is 2.62 bits per heavy atom. The summed E-state index contributed by atoms with van der Waals surface area (Å²) in [5, 5.41) is 10.4. The minimum absolute atomic E-state index is 0.0367. The number of rotatable bonds is 2. The molecule has 0 aliphatic rings. The lowest BCUT2D eigenvalue weighted by Gasteiger charge is -1.99. The number of halogens is 1. The van der Waals surface area contributed by atoms with Gasteiger partial charge in [-0.15, -0.1) is 12.6 Å². The van der Waals surface area contributed by atoms with Crippen molar-refractivity contribution in [1.29, 1.82) is 0 Å². The molecular weight excluding hydrogens is 258 g/mol. The van der Waals surface area contributed by atoms with E-state index in [0.717, 1.165) is 0 Å². The molecule has 0 spiro atoms. The van der Waals surface area contributed by atoms with Crippen molar-refractivity contribution >= 4 is 40.5 Å². The topological polar surface area (TPSA) is 60.2 Å². The van der Waals surface area contributed by atoms with Crippen LogP contribution in [0.5, 0.6) is 0 Å². The second kappa shape index (κ2) is 3.89. The van der Waals surface area contributed by atoms with Crippen LogP contribution in [0.1, 0.15) is 10.4 Å². The van der Waals surface area contributed by atoms with Crippen molar-refractivity contribution in [3.05, 3.63) is 32.3 Å². The number of nitrogens with zero attached hydrogens (tertiary/aromatic N) is 1. The van der Waals surface area contributed by atoms with Crippen molar-refractivity contribution in [3.8, 4) is 0 Å². The van der Waals surface area contributed by atoms with Crippen LogP contribution in [0.3, 0.4) is 0 Å². The van der Waals surface area contributed by atoms with Gasteiger partial charge in [0.25, 0.3) is 5.69 Å². The van der Waals surface area contributed by atoms with E-state index in [1.165, 1.54) is 12.1 Å². The van der Waals surface area contributed by atoms with Gasteiger partial charge in [-0.25, -0.2) is 0 Å². The van der Waals surface area contributed by atoms with Gasteiger partial charge in [0.15, 0.2) is 6.29 Å². The van der Waals surface area contributed by atoms with Crippen LogP contribution in [0.25, 0.3) is 0 Å². The molecule has 68 valence electrons. The van der Waals surface area contributed by atoms with Crippen LogP contribution in [-0.2, 0) is 0 Å². The molecule has 4 nitrogen and oxygen atoms in total. The maximum Gasteiger partial charge on any atom is 0.281 e. The molecule has 0 saturated carbocycles. The number of hydrogen-bond donors (Lipinski definition) is 1. The highest BCUT2D eigenvalue weighted by Crippen LogP contribution is 2.28. The summed E-state index contributed by atoms with van der Waals surface area (Å²) in [7, 11) is 0. The van der Waals surface area contributed by atoms with E-state index in [9.17, 15) is 14.9 Å². The van der Waals surface area contributed by atoms with E-state index in [-0.39, 0.29) is 11.3 Å². The summed E-state index contributed by atoms with van der Waals surface area (Å²) in [6.07, 6.45) is 0.441. The molecule has 0 radical (unpaired) electrons. The maximum atomic E-state index is 10.4. The van der Waals surface area contributed by atoms with E-state index in [0.29, 0.717) is 15.7 Å². The van der Waals surface area contributed by atoms with Crippen molar-refractivity contribution in [2.45, 2.75) is 4.90 Å². The van der Waals surface area contributed by atoms with Crippen molar-refractivity contribution in [1.82, 2.24) is 0 Å². The third-order valence-corrected chi connectivity index (χ3v) is 2.75.